The monoisotopic (exact) mass is 311 g/mol. The van der Waals surface area contributed by atoms with Gasteiger partial charge in [0.05, 0.1) is 0 Å². The number of carbonyl (C=O) groups excluding carboxylic acids is 1. The van der Waals surface area contributed by atoms with E-state index in [-0.39, 0.29) is 5.91 Å². The van der Waals surface area contributed by atoms with Gasteiger partial charge in [-0.25, -0.2) is 10.4 Å². The number of nitrogens with zero attached hydrogens (tertiary/aromatic N) is 2. The van der Waals surface area contributed by atoms with E-state index in [9.17, 15) is 4.79 Å². The second-order valence-electron chi connectivity index (χ2n) is 4.38. The maximum Gasteiger partial charge on any atom is 0.271 e. The lowest BCUT2D eigenvalue weighted by Crippen LogP contribution is -2.17. The highest BCUT2D eigenvalue weighted by molar-refractivity contribution is 7.99. The van der Waals surface area contributed by atoms with Gasteiger partial charge in [0.25, 0.3) is 11.1 Å². The van der Waals surface area contributed by atoms with Crippen LogP contribution in [0.3, 0.4) is 0 Å². The minimum Gasteiger partial charge on any atom is -0.431 e. The molecule has 0 aliphatic heterocycles. The molecule has 0 saturated heterocycles. The molecule has 0 saturated carbocycles. The molecule has 1 amide bonds. The molecule has 3 rings (SSSR count). The first-order valence-electron chi connectivity index (χ1n) is 6.68. The largest absolute Gasteiger partial charge is 0.431 e. The fourth-order valence-electron chi connectivity index (χ4n) is 1.82. The van der Waals surface area contributed by atoms with Gasteiger partial charge in [0.2, 0.25) is 0 Å². The Morgan fingerprint density at radius 2 is 1.95 bits per heavy atom. The standard InChI is InChI=1S/C16H13N3O2S/c20-15(12-6-2-1-3-7-12)19-17-10-11-22-16-18-13-8-4-5-9-14(13)21-16/h1-10H,11H2,(H,19,20)/b17-10-. The molecule has 1 aromatic heterocycles. The molecule has 0 aliphatic rings. The number of oxazole rings is 1. The summed E-state index contributed by atoms with van der Waals surface area (Å²) in [6.07, 6.45) is 1.61. The first kappa shape index (κ1) is 14.3. The average molecular weight is 311 g/mol. The van der Waals surface area contributed by atoms with E-state index >= 15 is 0 Å². The first-order chi connectivity index (χ1) is 10.8. The summed E-state index contributed by atoms with van der Waals surface area (Å²) in [5, 5.41) is 4.49. The summed E-state index contributed by atoms with van der Waals surface area (Å²) in [7, 11) is 0. The number of thioether (sulfide) groups is 1. The van der Waals surface area contributed by atoms with E-state index in [0.29, 0.717) is 16.5 Å². The van der Waals surface area contributed by atoms with Gasteiger partial charge >= 0.3 is 0 Å². The molecule has 0 spiro atoms. The molecular formula is C16H13N3O2S. The Morgan fingerprint density at radius 1 is 1.18 bits per heavy atom. The summed E-state index contributed by atoms with van der Waals surface area (Å²) in [5.41, 5.74) is 4.65. The third-order valence-electron chi connectivity index (χ3n) is 2.85. The zero-order valence-corrected chi connectivity index (χ0v) is 12.4. The van der Waals surface area contributed by atoms with E-state index in [1.807, 2.05) is 42.5 Å². The molecule has 1 N–H and O–H groups in total. The van der Waals surface area contributed by atoms with Crippen LogP contribution in [-0.2, 0) is 0 Å². The second kappa shape index (κ2) is 6.91. The number of para-hydroxylation sites is 2. The topological polar surface area (TPSA) is 67.5 Å². The maximum atomic E-state index is 11.7. The van der Waals surface area contributed by atoms with Crippen LogP contribution in [0.25, 0.3) is 11.1 Å². The zero-order valence-electron chi connectivity index (χ0n) is 11.6. The van der Waals surface area contributed by atoms with Crippen molar-refractivity contribution in [1.29, 1.82) is 0 Å². The molecule has 22 heavy (non-hydrogen) atoms. The minimum atomic E-state index is -0.233. The molecule has 0 atom stereocenters. The van der Waals surface area contributed by atoms with Crippen LogP contribution in [0.1, 0.15) is 10.4 Å². The number of benzene rings is 2. The van der Waals surface area contributed by atoms with Crippen molar-refractivity contribution in [1.82, 2.24) is 10.4 Å². The fraction of sp³-hybridized carbons (Fsp3) is 0.0625. The Labute approximate surface area is 131 Å². The van der Waals surface area contributed by atoms with E-state index in [1.165, 1.54) is 11.8 Å². The van der Waals surface area contributed by atoms with Crippen LogP contribution >= 0.6 is 11.8 Å². The zero-order chi connectivity index (χ0) is 15.2. The molecular weight excluding hydrogens is 298 g/mol. The summed E-state index contributed by atoms with van der Waals surface area (Å²) in [5.74, 6) is 0.325. The summed E-state index contributed by atoms with van der Waals surface area (Å²) >= 11 is 1.42. The van der Waals surface area contributed by atoms with E-state index in [4.69, 9.17) is 4.42 Å². The van der Waals surface area contributed by atoms with Crippen molar-refractivity contribution in [3.05, 3.63) is 60.2 Å². The third kappa shape index (κ3) is 3.53. The lowest BCUT2D eigenvalue weighted by molar-refractivity contribution is 0.0955. The average Bonchev–Trinajstić information content (AvgIpc) is 2.98. The van der Waals surface area contributed by atoms with Crippen LogP contribution < -0.4 is 5.43 Å². The first-order valence-corrected chi connectivity index (χ1v) is 7.67. The van der Waals surface area contributed by atoms with Gasteiger partial charge < -0.3 is 4.42 Å². The van der Waals surface area contributed by atoms with Crippen molar-refractivity contribution >= 4 is 35.0 Å². The van der Waals surface area contributed by atoms with E-state index in [0.717, 1.165) is 11.1 Å². The number of aromatic nitrogens is 1. The van der Waals surface area contributed by atoms with Crippen LogP contribution in [0, 0.1) is 0 Å². The lowest BCUT2D eigenvalue weighted by Gasteiger charge is -1.98. The molecule has 5 nitrogen and oxygen atoms in total. The number of rotatable bonds is 5. The van der Waals surface area contributed by atoms with Crippen molar-refractivity contribution in [2.24, 2.45) is 5.10 Å². The van der Waals surface area contributed by atoms with Crippen LogP contribution in [0.4, 0.5) is 0 Å². The van der Waals surface area contributed by atoms with Crippen molar-refractivity contribution in [3.8, 4) is 0 Å². The molecule has 0 radical (unpaired) electrons. The summed E-state index contributed by atoms with van der Waals surface area (Å²) in [6, 6.07) is 16.5. The predicted octanol–water partition coefficient (Wildman–Crippen LogP) is 3.34. The predicted molar refractivity (Wildman–Crippen MR) is 87.1 cm³/mol. The van der Waals surface area contributed by atoms with Gasteiger partial charge in [-0.05, 0) is 24.3 Å². The molecule has 0 aliphatic carbocycles. The lowest BCUT2D eigenvalue weighted by atomic mass is 10.2. The highest BCUT2D eigenvalue weighted by atomic mass is 32.2. The van der Waals surface area contributed by atoms with E-state index < -0.39 is 0 Å². The highest BCUT2D eigenvalue weighted by Crippen LogP contribution is 2.22. The number of fused-ring (bicyclic) bond motifs is 1. The molecule has 0 unspecified atom stereocenters. The van der Waals surface area contributed by atoms with Gasteiger partial charge in [-0.1, -0.05) is 42.1 Å². The van der Waals surface area contributed by atoms with Crippen molar-refractivity contribution < 1.29 is 9.21 Å². The Kier molecular flexibility index (Phi) is 4.50. The Balaban J connectivity index is 1.49. The van der Waals surface area contributed by atoms with Crippen molar-refractivity contribution in [2.75, 3.05) is 5.75 Å². The minimum absolute atomic E-state index is 0.233. The van der Waals surface area contributed by atoms with E-state index in [1.54, 1.807) is 18.3 Å². The summed E-state index contributed by atoms with van der Waals surface area (Å²) in [6.45, 7) is 0. The molecule has 110 valence electrons. The van der Waals surface area contributed by atoms with Crippen LogP contribution in [0.2, 0.25) is 0 Å². The third-order valence-corrected chi connectivity index (χ3v) is 3.59. The van der Waals surface area contributed by atoms with Gasteiger partial charge in [-0.2, -0.15) is 5.10 Å². The number of nitrogens with one attached hydrogen (secondary N) is 1. The normalized spacial score (nSPS) is 11.1. The van der Waals surface area contributed by atoms with Gasteiger partial charge in [-0.15, -0.1) is 0 Å². The Hall–Kier alpha value is -2.60. The summed E-state index contributed by atoms with van der Waals surface area (Å²) in [4.78, 5) is 16.1. The van der Waals surface area contributed by atoms with Gasteiger partial charge in [0.1, 0.15) is 5.52 Å². The molecule has 6 heteroatoms. The number of hydrogen-bond acceptors (Lipinski definition) is 5. The van der Waals surface area contributed by atoms with Crippen LogP contribution in [-0.4, -0.2) is 22.9 Å². The molecule has 2 aromatic carbocycles. The summed E-state index contributed by atoms with van der Waals surface area (Å²) < 4.78 is 5.57. The highest BCUT2D eigenvalue weighted by Gasteiger charge is 2.04. The van der Waals surface area contributed by atoms with Crippen LogP contribution in [0.5, 0.6) is 0 Å². The number of amides is 1. The Morgan fingerprint density at radius 3 is 2.77 bits per heavy atom. The molecule has 1 heterocycles. The quantitative estimate of drug-likeness (QED) is 0.446. The number of hydrogen-bond donors (Lipinski definition) is 1. The Bertz CT molecular complexity index is 766. The number of hydrazone groups is 1. The van der Waals surface area contributed by atoms with Crippen molar-refractivity contribution in [3.63, 3.8) is 0 Å². The van der Waals surface area contributed by atoms with Gasteiger partial charge in [0.15, 0.2) is 5.58 Å². The van der Waals surface area contributed by atoms with Crippen molar-refractivity contribution in [2.45, 2.75) is 5.22 Å². The maximum absolute atomic E-state index is 11.7. The number of carbonyl (C=O) groups is 1. The molecule has 0 bridgehead atoms. The molecule has 3 aromatic rings. The smallest absolute Gasteiger partial charge is 0.271 e. The fourth-order valence-corrected chi connectivity index (χ4v) is 2.42. The van der Waals surface area contributed by atoms with Gasteiger partial charge in [0, 0.05) is 17.5 Å². The SMILES string of the molecule is O=C(N/N=C\CSc1nc2ccccc2o1)c1ccccc1. The second-order valence-corrected chi connectivity index (χ2v) is 5.35. The van der Waals surface area contributed by atoms with Gasteiger partial charge in [-0.3, -0.25) is 4.79 Å². The van der Waals surface area contributed by atoms with Crippen LogP contribution in [0.15, 0.2) is 69.3 Å². The molecule has 0 fully saturated rings. The van der Waals surface area contributed by atoms with E-state index in [2.05, 4.69) is 15.5 Å².